The van der Waals surface area contributed by atoms with E-state index in [1.165, 1.54) is 26.4 Å². The monoisotopic (exact) mass is 342 g/mol. The van der Waals surface area contributed by atoms with Gasteiger partial charge in [-0.3, -0.25) is 4.79 Å². The largest absolute Gasteiger partial charge is 0.493 e. The summed E-state index contributed by atoms with van der Waals surface area (Å²) in [5, 5.41) is 11.1. The van der Waals surface area contributed by atoms with Gasteiger partial charge in [-0.15, -0.1) is 10.2 Å². The number of nitrogens with zero attached hydrogens (tertiary/aromatic N) is 3. The molecule has 0 radical (unpaired) electrons. The molecular formula is C18H22N4O3. The van der Waals surface area contributed by atoms with Crippen molar-refractivity contribution in [2.24, 2.45) is 0 Å². The van der Waals surface area contributed by atoms with Crippen LogP contribution in [0.2, 0.25) is 0 Å². The summed E-state index contributed by atoms with van der Waals surface area (Å²) < 4.78 is 10.4. The Kier molecular flexibility index (Phi) is 5.33. The van der Waals surface area contributed by atoms with Crippen molar-refractivity contribution in [3.8, 4) is 11.5 Å². The lowest BCUT2D eigenvalue weighted by molar-refractivity contribution is 0.102. The van der Waals surface area contributed by atoms with E-state index < -0.39 is 0 Å². The fraction of sp³-hybridized carbons (Fsp3) is 0.389. The second-order valence-corrected chi connectivity index (χ2v) is 5.85. The van der Waals surface area contributed by atoms with Crippen LogP contribution in [0, 0.1) is 0 Å². The van der Waals surface area contributed by atoms with Gasteiger partial charge in [0.15, 0.2) is 23.1 Å². The topological polar surface area (TPSA) is 76.6 Å². The van der Waals surface area contributed by atoms with Gasteiger partial charge in [0.2, 0.25) is 0 Å². The highest BCUT2D eigenvalue weighted by molar-refractivity contribution is 6.04. The van der Waals surface area contributed by atoms with E-state index in [-0.39, 0.29) is 5.91 Å². The minimum atomic E-state index is -0.277. The molecule has 0 saturated carbocycles. The van der Waals surface area contributed by atoms with Crippen molar-refractivity contribution in [1.82, 2.24) is 10.2 Å². The van der Waals surface area contributed by atoms with E-state index in [9.17, 15) is 4.79 Å². The zero-order valence-electron chi connectivity index (χ0n) is 14.5. The molecule has 1 aliphatic heterocycles. The summed E-state index contributed by atoms with van der Waals surface area (Å²) in [7, 11) is 3.08. The zero-order valence-corrected chi connectivity index (χ0v) is 14.5. The lowest BCUT2D eigenvalue weighted by Gasteiger charge is -2.27. The lowest BCUT2D eigenvalue weighted by atomic mass is 10.1. The average Bonchev–Trinajstić information content (AvgIpc) is 2.68. The van der Waals surface area contributed by atoms with Crippen LogP contribution in [0.25, 0.3) is 0 Å². The summed E-state index contributed by atoms with van der Waals surface area (Å²) in [6, 6.07) is 8.66. The molecule has 7 heteroatoms. The number of hydrogen-bond donors (Lipinski definition) is 1. The van der Waals surface area contributed by atoms with E-state index in [1.54, 1.807) is 31.4 Å². The number of rotatable bonds is 5. The molecule has 1 amide bonds. The molecule has 2 heterocycles. The van der Waals surface area contributed by atoms with Gasteiger partial charge in [-0.05, 0) is 49.6 Å². The Morgan fingerprint density at radius 2 is 1.76 bits per heavy atom. The third-order valence-corrected chi connectivity index (χ3v) is 4.22. The fourth-order valence-corrected chi connectivity index (χ4v) is 2.85. The summed E-state index contributed by atoms with van der Waals surface area (Å²) >= 11 is 0. The fourth-order valence-electron chi connectivity index (χ4n) is 2.85. The Bertz CT molecular complexity index is 728. The zero-order chi connectivity index (χ0) is 17.6. The third kappa shape index (κ3) is 3.99. The first-order valence-electron chi connectivity index (χ1n) is 8.33. The van der Waals surface area contributed by atoms with Gasteiger partial charge in [0.05, 0.1) is 14.2 Å². The smallest absolute Gasteiger partial charge is 0.257 e. The average molecular weight is 342 g/mol. The van der Waals surface area contributed by atoms with Gasteiger partial charge in [-0.1, -0.05) is 0 Å². The van der Waals surface area contributed by atoms with E-state index in [0.717, 1.165) is 18.9 Å². The standard InChI is InChI=1S/C18H22N4O3/c1-24-14-7-6-13(12-15(14)25-2)18(23)19-16-8-9-17(21-20-16)22-10-4-3-5-11-22/h6-9,12H,3-5,10-11H2,1-2H3,(H,19,20,23). The predicted molar refractivity (Wildman–Crippen MR) is 95.6 cm³/mol. The Hall–Kier alpha value is -2.83. The molecule has 0 spiro atoms. The Morgan fingerprint density at radius 1 is 1.00 bits per heavy atom. The van der Waals surface area contributed by atoms with Crippen LogP contribution in [-0.4, -0.2) is 43.4 Å². The lowest BCUT2D eigenvalue weighted by Crippen LogP contribution is -2.30. The summed E-state index contributed by atoms with van der Waals surface area (Å²) in [5.74, 6) is 2.07. The van der Waals surface area contributed by atoms with Crippen LogP contribution in [0.5, 0.6) is 11.5 Å². The molecule has 0 bridgehead atoms. The highest BCUT2D eigenvalue weighted by Gasteiger charge is 2.14. The number of amides is 1. The van der Waals surface area contributed by atoms with E-state index in [4.69, 9.17) is 9.47 Å². The number of hydrogen-bond acceptors (Lipinski definition) is 6. The number of anilines is 2. The van der Waals surface area contributed by atoms with Gasteiger partial charge >= 0.3 is 0 Å². The highest BCUT2D eigenvalue weighted by atomic mass is 16.5. The van der Waals surface area contributed by atoms with Crippen molar-refractivity contribution in [2.45, 2.75) is 19.3 Å². The van der Waals surface area contributed by atoms with E-state index in [1.807, 2.05) is 6.07 Å². The second-order valence-electron chi connectivity index (χ2n) is 5.85. The number of carbonyl (C=O) groups excluding carboxylic acids is 1. The molecule has 25 heavy (non-hydrogen) atoms. The molecule has 2 aromatic rings. The molecule has 1 saturated heterocycles. The Morgan fingerprint density at radius 3 is 2.40 bits per heavy atom. The van der Waals surface area contributed by atoms with Crippen molar-refractivity contribution in [3.63, 3.8) is 0 Å². The summed E-state index contributed by atoms with van der Waals surface area (Å²) in [6.45, 7) is 2.01. The molecule has 0 atom stereocenters. The minimum absolute atomic E-state index is 0.277. The van der Waals surface area contributed by atoms with Crippen LogP contribution in [0.1, 0.15) is 29.6 Å². The number of methoxy groups -OCH3 is 2. The molecule has 0 aliphatic carbocycles. The minimum Gasteiger partial charge on any atom is -0.493 e. The number of piperidine rings is 1. The van der Waals surface area contributed by atoms with Gasteiger partial charge < -0.3 is 19.7 Å². The van der Waals surface area contributed by atoms with E-state index >= 15 is 0 Å². The first-order chi connectivity index (χ1) is 12.2. The maximum Gasteiger partial charge on any atom is 0.257 e. The molecule has 132 valence electrons. The quantitative estimate of drug-likeness (QED) is 0.900. The maximum atomic E-state index is 12.4. The number of carbonyl (C=O) groups is 1. The van der Waals surface area contributed by atoms with Crippen LogP contribution in [0.15, 0.2) is 30.3 Å². The Balaban J connectivity index is 1.68. The summed E-state index contributed by atoms with van der Waals surface area (Å²) in [5.41, 5.74) is 0.458. The molecule has 1 aliphatic rings. The second kappa shape index (κ2) is 7.83. The highest BCUT2D eigenvalue weighted by Crippen LogP contribution is 2.27. The van der Waals surface area contributed by atoms with Gasteiger partial charge in [-0.25, -0.2) is 0 Å². The van der Waals surface area contributed by atoms with Gasteiger partial charge in [-0.2, -0.15) is 0 Å². The van der Waals surface area contributed by atoms with Crippen LogP contribution in [0.4, 0.5) is 11.6 Å². The number of benzene rings is 1. The molecule has 1 aromatic heterocycles. The van der Waals surface area contributed by atoms with Gasteiger partial charge in [0.25, 0.3) is 5.91 Å². The number of aromatic nitrogens is 2. The predicted octanol–water partition coefficient (Wildman–Crippen LogP) is 2.74. The summed E-state index contributed by atoms with van der Waals surface area (Å²) in [4.78, 5) is 14.6. The van der Waals surface area contributed by atoms with Crippen molar-refractivity contribution in [2.75, 3.05) is 37.5 Å². The Labute approximate surface area is 147 Å². The van der Waals surface area contributed by atoms with Gasteiger partial charge in [0.1, 0.15) is 0 Å². The molecule has 7 nitrogen and oxygen atoms in total. The molecule has 1 N–H and O–H groups in total. The molecule has 1 fully saturated rings. The van der Waals surface area contributed by atoms with Crippen LogP contribution < -0.4 is 19.7 Å². The third-order valence-electron chi connectivity index (χ3n) is 4.22. The van der Waals surface area contributed by atoms with Crippen LogP contribution >= 0.6 is 0 Å². The first kappa shape index (κ1) is 17.0. The SMILES string of the molecule is COc1ccc(C(=O)Nc2ccc(N3CCCCC3)nn2)cc1OC. The van der Waals surface area contributed by atoms with Crippen molar-refractivity contribution < 1.29 is 14.3 Å². The van der Waals surface area contributed by atoms with Crippen LogP contribution in [0.3, 0.4) is 0 Å². The first-order valence-corrected chi connectivity index (χ1v) is 8.33. The molecule has 1 aromatic carbocycles. The van der Waals surface area contributed by atoms with E-state index in [0.29, 0.717) is 22.9 Å². The molecular weight excluding hydrogens is 320 g/mol. The molecule has 3 rings (SSSR count). The normalized spacial score (nSPS) is 14.1. The molecule has 0 unspecified atom stereocenters. The number of ether oxygens (including phenoxy) is 2. The van der Waals surface area contributed by atoms with Crippen LogP contribution in [-0.2, 0) is 0 Å². The van der Waals surface area contributed by atoms with Gasteiger partial charge in [0, 0.05) is 18.7 Å². The van der Waals surface area contributed by atoms with Crippen molar-refractivity contribution in [1.29, 1.82) is 0 Å². The van der Waals surface area contributed by atoms with Crippen molar-refractivity contribution in [3.05, 3.63) is 35.9 Å². The summed E-state index contributed by atoms with van der Waals surface area (Å²) in [6.07, 6.45) is 3.63. The van der Waals surface area contributed by atoms with E-state index in [2.05, 4.69) is 20.4 Å². The van der Waals surface area contributed by atoms with Crippen molar-refractivity contribution >= 4 is 17.5 Å². The maximum absolute atomic E-state index is 12.4. The number of nitrogens with one attached hydrogen (secondary N) is 1.